The average molecular weight is 920 g/mol. The Morgan fingerprint density at radius 1 is 0.586 bits per heavy atom. The van der Waals surface area contributed by atoms with E-state index in [-0.39, 0.29) is 35.6 Å². The van der Waals surface area contributed by atoms with E-state index in [1.165, 1.54) is 93.5 Å². The van der Waals surface area contributed by atoms with E-state index in [2.05, 4.69) is 169 Å². The third-order valence-electron chi connectivity index (χ3n) is 10.0. The van der Waals surface area contributed by atoms with Crippen molar-refractivity contribution in [2.24, 2.45) is 0 Å². The molecule has 0 radical (unpaired) electrons. The zero-order valence-corrected chi connectivity index (χ0v) is 39.6. The largest absolute Gasteiger partial charge is 1.00 e. The number of halogens is 4. The fourth-order valence-electron chi connectivity index (χ4n) is 7.16. The summed E-state index contributed by atoms with van der Waals surface area (Å²) in [7, 11) is 0. The first-order chi connectivity index (χ1) is 26.8. The zero-order valence-electron chi connectivity index (χ0n) is 34.1. The number of allylic oxidation sites excluding steroid dienone is 4. The van der Waals surface area contributed by atoms with Crippen molar-refractivity contribution in [2.45, 2.75) is 71.6 Å². The van der Waals surface area contributed by atoms with Crippen molar-refractivity contribution < 1.29 is 49.0 Å². The number of fused-ring (bicyclic) bond motifs is 3. The van der Waals surface area contributed by atoms with Gasteiger partial charge in [0.1, 0.15) is 0 Å². The van der Waals surface area contributed by atoms with Crippen molar-refractivity contribution in [1.82, 2.24) is 0 Å². The quantitative estimate of drug-likeness (QED) is 0.146. The molecule has 5 heteroatoms. The number of hydrogen-bond acceptors (Lipinski definition) is 0. The topological polar surface area (TPSA) is 0 Å². The second-order valence-corrected chi connectivity index (χ2v) is 19.2. The third kappa shape index (κ3) is 12.6. The molecule has 0 saturated carbocycles. The van der Waals surface area contributed by atoms with E-state index in [1.807, 2.05) is 36.4 Å². The Kier molecular flexibility index (Phi) is 17.3. The Morgan fingerprint density at radius 3 is 1.29 bits per heavy atom. The predicted octanol–water partition coefficient (Wildman–Crippen LogP) is 9.45. The van der Waals surface area contributed by atoms with Gasteiger partial charge in [-0.25, -0.2) is 12.2 Å². The van der Waals surface area contributed by atoms with Crippen molar-refractivity contribution in [1.29, 1.82) is 0 Å². The van der Waals surface area contributed by atoms with Gasteiger partial charge in [0.25, 0.3) is 0 Å². The molecular formula is C53H50Cl4Zr-2. The summed E-state index contributed by atoms with van der Waals surface area (Å²) in [4.78, 5) is 0. The molecule has 0 amide bonds. The summed E-state index contributed by atoms with van der Waals surface area (Å²) in [5.74, 6) is 0. The van der Waals surface area contributed by atoms with Crippen LogP contribution in [0, 0.1) is 6.08 Å². The molecule has 58 heavy (non-hydrogen) atoms. The number of rotatable bonds is 6. The van der Waals surface area contributed by atoms with Crippen LogP contribution in [0.3, 0.4) is 0 Å². The Hall–Kier alpha value is -3.42. The van der Waals surface area contributed by atoms with Crippen molar-refractivity contribution in [3.63, 3.8) is 0 Å². The zero-order chi connectivity index (χ0) is 39.9. The van der Waals surface area contributed by atoms with Crippen LogP contribution < -0.4 is 24.8 Å². The monoisotopic (exact) mass is 916 g/mol. The molecule has 7 aromatic carbocycles. The van der Waals surface area contributed by atoms with Gasteiger partial charge in [-0.05, 0) is 44.2 Å². The predicted molar refractivity (Wildman–Crippen MR) is 242 cm³/mol. The van der Waals surface area contributed by atoms with Crippen molar-refractivity contribution in [3.8, 4) is 22.3 Å². The summed E-state index contributed by atoms with van der Waals surface area (Å²) in [5.41, 5.74) is 10.8. The van der Waals surface area contributed by atoms with Gasteiger partial charge in [0.05, 0.1) is 0 Å². The Bertz CT molecular complexity index is 2290. The molecular weight excluding hydrogens is 870 g/mol. The first-order valence-corrected chi connectivity index (χ1v) is 21.3. The molecule has 7 aromatic rings. The maximum Gasteiger partial charge on any atom is -0.109 e. The van der Waals surface area contributed by atoms with Gasteiger partial charge in [-0.15, -0.1) is 46.2 Å². The fourth-order valence-corrected chi connectivity index (χ4v) is 8.42. The minimum atomic E-state index is 0. The SMILES string of the molecule is CC(C)(C)c1cc2c(cc1-c1ccccc1)[cH-]c1cc(-c3ccccc3)c(C(C)(C)C)cc12.Clc1ccc(C[C](=[Zr+2])Cc2ccc(Cl)cc2)cc1.[C-]1=CC=CC1.[Cl-].[Cl-]. The molecule has 1 aliphatic rings. The summed E-state index contributed by atoms with van der Waals surface area (Å²) in [6.07, 6.45) is 12.1. The first kappa shape index (κ1) is 47.3. The Labute approximate surface area is 383 Å². The van der Waals surface area contributed by atoms with Gasteiger partial charge < -0.3 is 24.8 Å². The molecule has 0 bridgehead atoms. The van der Waals surface area contributed by atoms with Gasteiger partial charge >= 0.3 is 133 Å². The van der Waals surface area contributed by atoms with Crippen LogP contribution in [-0.2, 0) is 47.9 Å². The molecule has 0 aromatic heterocycles. The van der Waals surface area contributed by atoms with Gasteiger partial charge in [0.2, 0.25) is 0 Å². The third-order valence-corrected chi connectivity index (χ3v) is 11.4. The van der Waals surface area contributed by atoms with Gasteiger partial charge in [-0.2, -0.15) is 6.08 Å². The van der Waals surface area contributed by atoms with Crippen LogP contribution in [0.15, 0.2) is 158 Å². The van der Waals surface area contributed by atoms with Crippen LogP contribution in [0.2, 0.25) is 10.0 Å². The standard InChI is InChI=1S/C33H33.C15H12Cl2.C5H5.2ClH.Zr/c1-32(2,3)30-20-26-24(18-28(30)22-13-9-7-10-14-22)17-25-19-29(23-15-11-8-12-16-23)31(21-27(25)26)33(4,5)6;16-14-8-4-12(5-9-14)2-1-3-13-6-10-15(17)11-7-13;1-2-4-5-3-1;;;/h7-21H,1-6H3;4-11H,2-3H2;1-3H,4H2;2*1H;/q-1;;-1;;;+2/p-2. The maximum atomic E-state index is 5.88. The van der Waals surface area contributed by atoms with E-state index in [1.54, 1.807) is 0 Å². The van der Waals surface area contributed by atoms with Crippen molar-refractivity contribution in [2.75, 3.05) is 0 Å². The van der Waals surface area contributed by atoms with E-state index >= 15 is 0 Å². The summed E-state index contributed by atoms with van der Waals surface area (Å²) in [6, 6.07) is 49.9. The molecule has 1 aliphatic carbocycles. The summed E-state index contributed by atoms with van der Waals surface area (Å²) < 4.78 is 1.52. The van der Waals surface area contributed by atoms with Gasteiger partial charge in [0, 0.05) is 0 Å². The van der Waals surface area contributed by atoms with Crippen LogP contribution in [0.5, 0.6) is 0 Å². The molecule has 0 unspecified atom stereocenters. The van der Waals surface area contributed by atoms with E-state index < -0.39 is 0 Å². The van der Waals surface area contributed by atoms with Crippen LogP contribution in [0.25, 0.3) is 43.8 Å². The summed E-state index contributed by atoms with van der Waals surface area (Å²) in [5, 5.41) is 6.95. The molecule has 0 N–H and O–H groups in total. The summed E-state index contributed by atoms with van der Waals surface area (Å²) >= 11 is 13.2. The minimum Gasteiger partial charge on any atom is -1.00 e. The second-order valence-electron chi connectivity index (χ2n) is 16.6. The van der Waals surface area contributed by atoms with Crippen LogP contribution in [0.1, 0.15) is 70.2 Å². The van der Waals surface area contributed by atoms with E-state index in [9.17, 15) is 0 Å². The van der Waals surface area contributed by atoms with Crippen LogP contribution in [-0.4, -0.2) is 3.21 Å². The molecule has 0 saturated heterocycles. The van der Waals surface area contributed by atoms with E-state index in [0.29, 0.717) is 0 Å². The van der Waals surface area contributed by atoms with Gasteiger partial charge in [-0.1, -0.05) is 114 Å². The average Bonchev–Trinajstić information content (AvgIpc) is 3.88. The molecule has 0 heterocycles. The normalized spacial score (nSPS) is 11.9. The van der Waals surface area contributed by atoms with Crippen molar-refractivity contribution >= 4 is 48.0 Å². The number of benzene rings is 6. The van der Waals surface area contributed by atoms with Crippen LogP contribution in [0.4, 0.5) is 0 Å². The first-order valence-electron chi connectivity index (χ1n) is 19.4. The molecule has 0 spiro atoms. The Morgan fingerprint density at radius 2 is 0.983 bits per heavy atom. The molecule has 0 aliphatic heterocycles. The maximum absolute atomic E-state index is 5.88. The molecule has 296 valence electrons. The summed E-state index contributed by atoms with van der Waals surface area (Å²) in [6.45, 7) is 13.9. The smallest absolute Gasteiger partial charge is 0.109 e. The fraction of sp³-hybridized carbons (Fsp3) is 0.208. The minimum absolute atomic E-state index is 0. The van der Waals surface area contributed by atoms with Crippen molar-refractivity contribution in [3.05, 3.63) is 196 Å². The second kappa shape index (κ2) is 21.2. The van der Waals surface area contributed by atoms with Crippen LogP contribution >= 0.6 is 23.2 Å². The molecule has 8 rings (SSSR count). The molecule has 0 atom stereocenters. The number of hydrogen-bond donors (Lipinski definition) is 0. The Balaban J connectivity index is 0.000000250. The molecule has 0 nitrogen and oxygen atoms in total. The van der Waals surface area contributed by atoms with Gasteiger partial charge in [0.15, 0.2) is 0 Å². The van der Waals surface area contributed by atoms with E-state index in [4.69, 9.17) is 23.2 Å². The molecule has 0 fully saturated rings. The van der Waals surface area contributed by atoms with Gasteiger partial charge in [-0.3, -0.25) is 6.08 Å². The van der Waals surface area contributed by atoms with E-state index in [0.717, 1.165) is 29.3 Å².